The van der Waals surface area contributed by atoms with Crippen LogP contribution in [0, 0.1) is 0 Å². The molecule has 1 atom stereocenters. The number of hydrogen-bond acceptors (Lipinski definition) is 3. The van der Waals surface area contributed by atoms with Gasteiger partial charge in [-0.3, -0.25) is 4.90 Å². The Hall–Kier alpha value is -0.190. The summed E-state index contributed by atoms with van der Waals surface area (Å²) in [5.41, 5.74) is 0.911. The summed E-state index contributed by atoms with van der Waals surface area (Å²) in [6.07, 6.45) is 0. The molecule has 0 spiro atoms. The number of nitrogens with zero attached hydrogens (tertiary/aromatic N) is 1. The largest absolute Gasteiger partial charge is 0.508 e. The molecule has 1 aliphatic rings. The molecule has 1 aliphatic heterocycles. The summed E-state index contributed by atoms with van der Waals surface area (Å²) < 4.78 is 0. The van der Waals surface area contributed by atoms with Crippen molar-refractivity contribution in [2.45, 2.75) is 13.0 Å². The molecule has 0 amide bonds. The Morgan fingerprint density at radius 3 is 2.50 bits per heavy atom. The van der Waals surface area contributed by atoms with E-state index in [9.17, 15) is 5.11 Å². The van der Waals surface area contributed by atoms with Crippen molar-refractivity contribution < 1.29 is 5.11 Å². The number of piperazine rings is 1. The van der Waals surface area contributed by atoms with E-state index < -0.39 is 0 Å². The van der Waals surface area contributed by atoms with Crippen molar-refractivity contribution in [3.05, 3.63) is 28.8 Å². The van der Waals surface area contributed by atoms with Crippen LogP contribution < -0.4 is 5.32 Å². The molecule has 0 aliphatic carbocycles. The molecular weight excluding hydrogens is 295 g/mol. The highest BCUT2D eigenvalue weighted by Gasteiger charge is 2.20. The molecule has 1 aromatic rings. The van der Waals surface area contributed by atoms with E-state index in [-0.39, 0.29) is 30.9 Å². The fourth-order valence-electron chi connectivity index (χ4n) is 2.13. The molecule has 1 saturated heterocycles. The number of hydrogen-bond donors (Lipinski definition) is 2. The second kappa shape index (κ2) is 8.08. The number of nitrogens with one attached hydrogen (secondary N) is 1. The quantitative estimate of drug-likeness (QED) is 0.881. The van der Waals surface area contributed by atoms with Gasteiger partial charge in [0.2, 0.25) is 0 Å². The maximum absolute atomic E-state index is 9.84. The van der Waals surface area contributed by atoms with Crippen LogP contribution in [0.5, 0.6) is 5.75 Å². The van der Waals surface area contributed by atoms with Crippen molar-refractivity contribution in [2.75, 3.05) is 26.2 Å². The summed E-state index contributed by atoms with van der Waals surface area (Å²) in [6, 6.07) is 5.44. The number of aromatic hydroxyl groups is 1. The van der Waals surface area contributed by atoms with Gasteiger partial charge in [-0.2, -0.15) is 0 Å². The van der Waals surface area contributed by atoms with Gasteiger partial charge in [0.15, 0.2) is 0 Å². The predicted octanol–water partition coefficient (Wildman–Crippen LogP) is 2.86. The molecule has 6 heteroatoms. The van der Waals surface area contributed by atoms with E-state index in [0.717, 1.165) is 31.7 Å². The monoisotopic (exact) mass is 312 g/mol. The molecule has 2 rings (SSSR count). The number of rotatable bonds is 2. The average molecular weight is 314 g/mol. The van der Waals surface area contributed by atoms with Gasteiger partial charge in [-0.1, -0.05) is 11.6 Å². The standard InChI is InChI=1S/C12H17ClN2O.2ClH/c1-9(15-6-4-14-5-7-15)11-8-10(13)2-3-12(11)16;;/h2-3,8-9,14,16H,4-7H2,1H3;2*1H/t9-;;/m0../s1. The minimum atomic E-state index is 0. The van der Waals surface area contributed by atoms with Crippen LogP contribution in [0.3, 0.4) is 0 Å². The van der Waals surface area contributed by atoms with Gasteiger partial charge in [0.1, 0.15) is 5.75 Å². The smallest absolute Gasteiger partial charge is 0.120 e. The first-order valence-corrected chi connectivity index (χ1v) is 5.99. The maximum Gasteiger partial charge on any atom is 0.120 e. The van der Waals surface area contributed by atoms with Gasteiger partial charge in [-0.15, -0.1) is 24.8 Å². The second-order valence-electron chi connectivity index (χ2n) is 4.17. The van der Waals surface area contributed by atoms with E-state index in [0.29, 0.717) is 10.8 Å². The summed E-state index contributed by atoms with van der Waals surface area (Å²) in [6.45, 7) is 6.13. The van der Waals surface area contributed by atoms with Gasteiger partial charge in [-0.05, 0) is 25.1 Å². The Balaban J connectivity index is 0.00000144. The molecule has 18 heavy (non-hydrogen) atoms. The molecule has 0 unspecified atom stereocenters. The topological polar surface area (TPSA) is 35.5 Å². The van der Waals surface area contributed by atoms with Crippen molar-refractivity contribution in [1.29, 1.82) is 0 Å². The maximum atomic E-state index is 9.84. The molecule has 1 heterocycles. The Bertz CT molecular complexity index is 370. The fourth-order valence-corrected chi connectivity index (χ4v) is 2.31. The summed E-state index contributed by atoms with van der Waals surface area (Å²) in [7, 11) is 0. The first-order chi connectivity index (χ1) is 7.68. The number of phenolic OH excluding ortho intramolecular Hbond substituents is 1. The van der Waals surface area contributed by atoms with Gasteiger partial charge in [0.25, 0.3) is 0 Å². The zero-order valence-electron chi connectivity index (χ0n) is 10.2. The Morgan fingerprint density at radius 2 is 1.89 bits per heavy atom. The molecule has 0 radical (unpaired) electrons. The third-order valence-electron chi connectivity index (χ3n) is 3.14. The summed E-state index contributed by atoms with van der Waals surface area (Å²) in [5, 5.41) is 13.8. The molecule has 2 N–H and O–H groups in total. The Morgan fingerprint density at radius 1 is 1.28 bits per heavy atom. The highest BCUT2D eigenvalue weighted by molar-refractivity contribution is 6.30. The molecular formula is C12H19Cl3N2O. The van der Waals surface area contributed by atoms with Crippen LogP contribution in [0.2, 0.25) is 5.02 Å². The van der Waals surface area contributed by atoms with Crippen LogP contribution in [0.25, 0.3) is 0 Å². The minimum absolute atomic E-state index is 0. The molecule has 104 valence electrons. The summed E-state index contributed by atoms with van der Waals surface area (Å²) in [5.74, 6) is 0.329. The molecule has 1 fully saturated rings. The zero-order chi connectivity index (χ0) is 11.5. The fraction of sp³-hybridized carbons (Fsp3) is 0.500. The molecule has 0 bridgehead atoms. The van der Waals surface area contributed by atoms with Crippen molar-refractivity contribution in [1.82, 2.24) is 10.2 Å². The van der Waals surface area contributed by atoms with Crippen molar-refractivity contribution in [3.8, 4) is 5.75 Å². The van der Waals surface area contributed by atoms with Gasteiger partial charge in [0, 0.05) is 42.8 Å². The minimum Gasteiger partial charge on any atom is -0.508 e. The van der Waals surface area contributed by atoms with Crippen molar-refractivity contribution in [2.24, 2.45) is 0 Å². The van der Waals surface area contributed by atoms with E-state index in [1.54, 1.807) is 12.1 Å². The normalized spacial score (nSPS) is 17.4. The highest BCUT2D eigenvalue weighted by Crippen LogP contribution is 2.30. The Kier molecular flexibility index (Phi) is 7.99. The van der Waals surface area contributed by atoms with Crippen LogP contribution in [-0.4, -0.2) is 36.2 Å². The Labute approximate surface area is 125 Å². The van der Waals surface area contributed by atoms with Gasteiger partial charge < -0.3 is 10.4 Å². The van der Waals surface area contributed by atoms with Gasteiger partial charge >= 0.3 is 0 Å². The highest BCUT2D eigenvalue weighted by atomic mass is 35.5. The van der Waals surface area contributed by atoms with E-state index in [2.05, 4.69) is 17.1 Å². The van der Waals surface area contributed by atoms with Crippen LogP contribution in [0.4, 0.5) is 0 Å². The first kappa shape index (κ1) is 17.8. The van der Waals surface area contributed by atoms with Gasteiger partial charge in [0.05, 0.1) is 0 Å². The summed E-state index contributed by atoms with van der Waals surface area (Å²) in [4.78, 5) is 2.35. The number of halogens is 3. The third kappa shape index (κ3) is 4.18. The summed E-state index contributed by atoms with van der Waals surface area (Å²) >= 11 is 5.96. The average Bonchev–Trinajstić information content (AvgIpc) is 2.32. The van der Waals surface area contributed by atoms with E-state index in [1.165, 1.54) is 0 Å². The molecule has 3 nitrogen and oxygen atoms in total. The predicted molar refractivity (Wildman–Crippen MR) is 80.5 cm³/mol. The molecule has 1 aromatic carbocycles. The SMILES string of the molecule is C[C@@H](c1cc(Cl)ccc1O)N1CCNCC1.Cl.Cl. The lowest BCUT2D eigenvalue weighted by atomic mass is 10.1. The molecule has 0 aromatic heterocycles. The van der Waals surface area contributed by atoms with E-state index in [4.69, 9.17) is 11.6 Å². The second-order valence-corrected chi connectivity index (χ2v) is 4.60. The zero-order valence-corrected chi connectivity index (χ0v) is 12.6. The van der Waals surface area contributed by atoms with E-state index >= 15 is 0 Å². The van der Waals surface area contributed by atoms with E-state index in [1.807, 2.05) is 6.07 Å². The van der Waals surface area contributed by atoms with Crippen LogP contribution in [-0.2, 0) is 0 Å². The van der Waals surface area contributed by atoms with Crippen LogP contribution in [0.1, 0.15) is 18.5 Å². The first-order valence-electron chi connectivity index (χ1n) is 5.61. The van der Waals surface area contributed by atoms with Crippen molar-refractivity contribution in [3.63, 3.8) is 0 Å². The number of benzene rings is 1. The van der Waals surface area contributed by atoms with Crippen LogP contribution >= 0.6 is 36.4 Å². The van der Waals surface area contributed by atoms with Crippen molar-refractivity contribution >= 4 is 36.4 Å². The van der Waals surface area contributed by atoms with Crippen LogP contribution in [0.15, 0.2) is 18.2 Å². The van der Waals surface area contributed by atoms with Gasteiger partial charge in [-0.25, -0.2) is 0 Å². The lowest BCUT2D eigenvalue weighted by Crippen LogP contribution is -2.44. The number of phenols is 1. The third-order valence-corrected chi connectivity index (χ3v) is 3.37. The lowest BCUT2D eigenvalue weighted by molar-refractivity contribution is 0.183. The lowest BCUT2D eigenvalue weighted by Gasteiger charge is -2.33. The molecule has 0 saturated carbocycles.